The van der Waals surface area contributed by atoms with Crippen LogP contribution >= 0.6 is 0 Å². The number of nitrogen functional groups attached to an aromatic ring is 1. The van der Waals surface area contributed by atoms with Gasteiger partial charge in [0.2, 0.25) is 0 Å². The minimum Gasteiger partial charge on any atom is -0.481 e. The zero-order valence-corrected chi connectivity index (χ0v) is 12.4. The van der Waals surface area contributed by atoms with Crippen LogP contribution in [0, 0.1) is 5.41 Å². The molecule has 0 saturated carbocycles. The second-order valence-electron chi connectivity index (χ2n) is 5.01. The summed E-state index contributed by atoms with van der Waals surface area (Å²) in [6.45, 7) is 1.58. The summed E-state index contributed by atoms with van der Waals surface area (Å²) in [6, 6.07) is 12.5. The Kier molecular flexibility index (Phi) is 4.75. The fourth-order valence-electron chi connectivity index (χ4n) is 1.92. The number of esters is 1. The molecule has 0 aliphatic heterocycles. The molecular weight excluding hydrogens is 296 g/mol. The van der Waals surface area contributed by atoms with E-state index in [4.69, 9.17) is 21.0 Å². The molecule has 0 bridgehead atoms. The van der Waals surface area contributed by atoms with E-state index in [0.717, 1.165) is 0 Å². The summed E-state index contributed by atoms with van der Waals surface area (Å²) >= 11 is 0. The number of rotatable bonds is 5. The highest BCUT2D eigenvalue weighted by Crippen LogP contribution is 2.18. The summed E-state index contributed by atoms with van der Waals surface area (Å²) in [5.41, 5.74) is 6.82. The molecule has 0 heterocycles. The lowest BCUT2D eigenvalue weighted by atomic mass is 10.0. The van der Waals surface area contributed by atoms with Crippen LogP contribution in [0.15, 0.2) is 48.5 Å². The van der Waals surface area contributed by atoms with Gasteiger partial charge >= 0.3 is 11.9 Å². The molecule has 23 heavy (non-hydrogen) atoms. The highest BCUT2D eigenvalue weighted by Gasteiger charge is 2.15. The van der Waals surface area contributed by atoms with E-state index in [1.165, 1.54) is 12.1 Å². The van der Waals surface area contributed by atoms with E-state index in [1.807, 2.05) is 0 Å². The molecular formula is C17H16N2O4. The maximum Gasteiger partial charge on any atom is 0.343 e. The summed E-state index contributed by atoms with van der Waals surface area (Å²) in [7, 11) is 0. The van der Waals surface area contributed by atoms with Crippen LogP contribution in [0.2, 0.25) is 0 Å². The van der Waals surface area contributed by atoms with Gasteiger partial charge in [-0.25, -0.2) is 4.79 Å². The first-order chi connectivity index (χ1) is 10.9. The molecule has 0 saturated heterocycles. The van der Waals surface area contributed by atoms with E-state index >= 15 is 0 Å². The molecule has 6 nitrogen and oxygen atoms in total. The van der Waals surface area contributed by atoms with Crippen molar-refractivity contribution in [2.24, 2.45) is 5.73 Å². The van der Waals surface area contributed by atoms with Gasteiger partial charge in [0.25, 0.3) is 0 Å². The second-order valence-corrected chi connectivity index (χ2v) is 5.01. The highest BCUT2D eigenvalue weighted by molar-refractivity contribution is 5.95. The summed E-state index contributed by atoms with van der Waals surface area (Å²) in [4.78, 5) is 23.0. The summed E-state index contributed by atoms with van der Waals surface area (Å²) in [6.07, 6.45) is 0. The first kappa shape index (κ1) is 16.2. The van der Waals surface area contributed by atoms with Gasteiger partial charge in [-0.1, -0.05) is 12.1 Å². The Morgan fingerprint density at radius 3 is 2.04 bits per heavy atom. The van der Waals surface area contributed by atoms with Gasteiger partial charge < -0.3 is 15.6 Å². The molecule has 0 amide bonds. The van der Waals surface area contributed by atoms with E-state index in [9.17, 15) is 9.59 Å². The van der Waals surface area contributed by atoms with Crippen molar-refractivity contribution in [3.63, 3.8) is 0 Å². The minimum atomic E-state index is -0.925. The number of nitrogens with one attached hydrogen (secondary N) is 1. The summed E-state index contributed by atoms with van der Waals surface area (Å²) in [5.74, 6) is -1.84. The molecule has 2 aromatic rings. The second kappa shape index (κ2) is 6.74. The van der Waals surface area contributed by atoms with E-state index in [0.29, 0.717) is 22.4 Å². The molecule has 6 heteroatoms. The number of ether oxygens (including phenoxy) is 1. The Morgan fingerprint density at radius 1 is 1.04 bits per heavy atom. The first-order valence-corrected chi connectivity index (χ1v) is 6.88. The van der Waals surface area contributed by atoms with Gasteiger partial charge in [-0.05, 0) is 48.9 Å². The number of benzene rings is 2. The van der Waals surface area contributed by atoms with Gasteiger partial charge in [-0.2, -0.15) is 0 Å². The van der Waals surface area contributed by atoms with Gasteiger partial charge in [0, 0.05) is 5.56 Å². The molecule has 0 radical (unpaired) electrons. The average molecular weight is 312 g/mol. The lowest BCUT2D eigenvalue weighted by molar-refractivity contribution is -0.138. The molecule has 118 valence electrons. The van der Waals surface area contributed by atoms with E-state index in [-0.39, 0.29) is 5.84 Å². The third-order valence-corrected chi connectivity index (χ3v) is 3.39. The molecule has 0 aliphatic carbocycles. The number of amidine groups is 1. The van der Waals surface area contributed by atoms with Gasteiger partial charge in [-0.3, -0.25) is 10.2 Å². The Labute approximate surface area is 133 Å². The average Bonchev–Trinajstić information content (AvgIpc) is 2.54. The van der Waals surface area contributed by atoms with Crippen LogP contribution in [0.1, 0.15) is 34.3 Å². The number of nitrogens with two attached hydrogens (primary N) is 1. The molecule has 4 N–H and O–H groups in total. The van der Waals surface area contributed by atoms with Crippen molar-refractivity contribution in [1.82, 2.24) is 0 Å². The molecule has 0 spiro atoms. The number of carboxylic acid groups (broad SMARTS) is 1. The van der Waals surface area contributed by atoms with Crippen LogP contribution in [-0.4, -0.2) is 22.9 Å². The maximum absolute atomic E-state index is 12.0. The molecule has 0 fully saturated rings. The Bertz CT molecular complexity index is 736. The Balaban J connectivity index is 2.08. The predicted molar refractivity (Wildman–Crippen MR) is 84.9 cm³/mol. The third kappa shape index (κ3) is 3.94. The van der Waals surface area contributed by atoms with Gasteiger partial charge in [0.1, 0.15) is 11.6 Å². The van der Waals surface area contributed by atoms with Crippen molar-refractivity contribution >= 4 is 17.8 Å². The van der Waals surface area contributed by atoms with Crippen LogP contribution in [0.25, 0.3) is 0 Å². The first-order valence-electron chi connectivity index (χ1n) is 6.88. The number of hydrogen-bond acceptors (Lipinski definition) is 4. The number of aliphatic carboxylic acids is 1. The lowest BCUT2D eigenvalue weighted by Crippen LogP contribution is -2.12. The van der Waals surface area contributed by atoms with Crippen molar-refractivity contribution in [1.29, 1.82) is 5.41 Å². The zero-order valence-electron chi connectivity index (χ0n) is 12.4. The zero-order chi connectivity index (χ0) is 17.0. The van der Waals surface area contributed by atoms with E-state index < -0.39 is 17.9 Å². The van der Waals surface area contributed by atoms with Gasteiger partial charge in [0.05, 0.1) is 11.5 Å². The smallest absolute Gasteiger partial charge is 0.343 e. The molecule has 1 unspecified atom stereocenters. The van der Waals surface area contributed by atoms with Gasteiger partial charge in [-0.15, -0.1) is 0 Å². The summed E-state index contributed by atoms with van der Waals surface area (Å²) in [5, 5.41) is 16.2. The van der Waals surface area contributed by atoms with Crippen molar-refractivity contribution in [3.05, 3.63) is 65.2 Å². The normalized spacial score (nSPS) is 11.5. The maximum atomic E-state index is 12.0. The Morgan fingerprint density at radius 2 is 1.57 bits per heavy atom. The predicted octanol–water partition coefficient (Wildman–Crippen LogP) is 2.38. The standard InChI is InChI=1S/C17H16N2O4/c1-10(16(20)21)11-2-4-13(5-3-11)17(22)23-14-8-6-12(7-9-14)15(18)19/h2-10H,1H3,(H3,18,19)(H,20,21). The van der Waals surface area contributed by atoms with Crippen LogP contribution in [0.5, 0.6) is 5.75 Å². The molecule has 2 rings (SSSR count). The highest BCUT2D eigenvalue weighted by atomic mass is 16.5. The summed E-state index contributed by atoms with van der Waals surface area (Å²) < 4.78 is 5.22. The lowest BCUT2D eigenvalue weighted by Gasteiger charge is -2.08. The van der Waals surface area contributed by atoms with E-state index in [2.05, 4.69) is 0 Å². The number of carbonyl (C=O) groups excluding carboxylic acids is 1. The van der Waals surface area contributed by atoms with E-state index in [1.54, 1.807) is 43.3 Å². The number of hydrogen-bond donors (Lipinski definition) is 3. The molecule has 1 atom stereocenters. The number of carboxylic acids is 1. The van der Waals surface area contributed by atoms with Gasteiger partial charge in [0.15, 0.2) is 0 Å². The van der Waals surface area contributed by atoms with Crippen LogP contribution < -0.4 is 10.5 Å². The molecule has 2 aromatic carbocycles. The van der Waals surface area contributed by atoms with Crippen LogP contribution in [-0.2, 0) is 4.79 Å². The quantitative estimate of drug-likeness (QED) is 0.339. The van der Waals surface area contributed by atoms with Crippen LogP contribution in [0.4, 0.5) is 0 Å². The van der Waals surface area contributed by atoms with Crippen molar-refractivity contribution in [2.45, 2.75) is 12.8 Å². The SMILES string of the molecule is CC(C(=O)O)c1ccc(C(=O)Oc2ccc(C(=N)N)cc2)cc1. The largest absolute Gasteiger partial charge is 0.481 e. The van der Waals surface area contributed by atoms with Crippen LogP contribution in [0.3, 0.4) is 0 Å². The Hall–Kier alpha value is -3.15. The fourth-order valence-corrected chi connectivity index (χ4v) is 1.92. The topological polar surface area (TPSA) is 113 Å². The van der Waals surface area contributed by atoms with Crippen molar-refractivity contribution < 1.29 is 19.4 Å². The molecule has 0 aliphatic rings. The fraction of sp³-hybridized carbons (Fsp3) is 0.118. The number of carbonyl (C=O) groups is 2. The third-order valence-electron chi connectivity index (χ3n) is 3.39. The van der Waals surface area contributed by atoms with Crippen molar-refractivity contribution in [2.75, 3.05) is 0 Å². The minimum absolute atomic E-state index is 0.0639. The molecule has 0 aromatic heterocycles. The van der Waals surface area contributed by atoms with Crippen molar-refractivity contribution in [3.8, 4) is 5.75 Å². The monoisotopic (exact) mass is 312 g/mol.